The van der Waals surface area contributed by atoms with Gasteiger partial charge >= 0.3 is 11.8 Å². The fraction of sp³-hybridized carbons (Fsp3) is 0.667. The Labute approximate surface area is 106 Å². The molecule has 9 heteroatoms. The van der Waals surface area contributed by atoms with Crippen molar-refractivity contribution >= 4 is 21.8 Å². The van der Waals surface area contributed by atoms with E-state index in [4.69, 9.17) is 5.26 Å². The number of sulfonamides is 1. The SMILES string of the molecule is CC(C)(CNC(=O)C(=O)NCC#N)NS(C)(=O)=O. The van der Waals surface area contributed by atoms with Crippen LogP contribution in [0.25, 0.3) is 0 Å². The molecule has 0 aliphatic heterocycles. The second kappa shape index (κ2) is 6.32. The van der Waals surface area contributed by atoms with E-state index < -0.39 is 27.4 Å². The fourth-order valence-electron chi connectivity index (χ4n) is 1.12. The Morgan fingerprint density at radius 3 is 2.17 bits per heavy atom. The lowest BCUT2D eigenvalue weighted by molar-refractivity contribution is -0.139. The highest BCUT2D eigenvalue weighted by molar-refractivity contribution is 7.88. The normalized spacial score (nSPS) is 11.4. The molecule has 0 atom stereocenters. The van der Waals surface area contributed by atoms with Crippen LogP contribution in [0.3, 0.4) is 0 Å². The van der Waals surface area contributed by atoms with Gasteiger partial charge in [-0.15, -0.1) is 0 Å². The molecular weight excluding hydrogens is 260 g/mol. The molecule has 0 aromatic rings. The van der Waals surface area contributed by atoms with Gasteiger partial charge in [-0.1, -0.05) is 0 Å². The summed E-state index contributed by atoms with van der Waals surface area (Å²) in [7, 11) is -3.41. The third-order valence-corrected chi connectivity index (χ3v) is 2.61. The summed E-state index contributed by atoms with van der Waals surface area (Å²) in [5, 5.41) is 12.5. The Morgan fingerprint density at radius 2 is 1.72 bits per heavy atom. The zero-order valence-corrected chi connectivity index (χ0v) is 11.2. The number of carbonyl (C=O) groups is 2. The van der Waals surface area contributed by atoms with E-state index in [9.17, 15) is 18.0 Å². The van der Waals surface area contributed by atoms with Gasteiger partial charge in [0.25, 0.3) is 0 Å². The Hall–Kier alpha value is -1.66. The van der Waals surface area contributed by atoms with Gasteiger partial charge in [-0.25, -0.2) is 13.1 Å². The summed E-state index contributed by atoms with van der Waals surface area (Å²) < 4.78 is 24.4. The molecule has 18 heavy (non-hydrogen) atoms. The molecule has 0 saturated heterocycles. The molecule has 8 nitrogen and oxygen atoms in total. The summed E-state index contributed by atoms with van der Waals surface area (Å²) in [4.78, 5) is 22.3. The van der Waals surface area contributed by atoms with E-state index in [2.05, 4.69) is 15.4 Å². The van der Waals surface area contributed by atoms with Crippen molar-refractivity contribution in [2.75, 3.05) is 19.3 Å². The van der Waals surface area contributed by atoms with Crippen LogP contribution in [-0.4, -0.2) is 45.1 Å². The zero-order chi connectivity index (χ0) is 14.4. The first-order chi connectivity index (χ1) is 8.07. The van der Waals surface area contributed by atoms with Crippen molar-refractivity contribution in [2.45, 2.75) is 19.4 Å². The van der Waals surface area contributed by atoms with E-state index in [1.165, 1.54) is 0 Å². The Kier molecular flexibility index (Phi) is 5.74. The number of carbonyl (C=O) groups excluding carboxylic acids is 2. The fourth-order valence-corrected chi connectivity index (χ4v) is 2.20. The van der Waals surface area contributed by atoms with E-state index in [1.54, 1.807) is 19.9 Å². The number of nitrogens with one attached hydrogen (secondary N) is 3. The van der Waals surface area contributed by atoms with Gasteiger partial charge < -0.3 is 10.6 Å². The molecule has 0 fully saturated rings. The minimum absolute atomic E-state index is 0.0567. The van der Waals surface area contributed by atoms with Gasteiger partial charge in [0.05, 0.1) is 12.3 Å². The second-order valence-corrected chi connectivity index (χ2v) is 6.03. The van der Waals surface area contributed by atoms with Crippen LogP contribution < -0.4 is 15.4 Å². The molecule has 0 rings (SSSR count). The minimum atomic E-state index is -3.41. The summed E-state index contributed by atoms with van der Waals surface area (Å²) in [5.74, 6) is -1.86. The van der Waals surface area contributed by atoms with Gasteiger partial charge in [-0.05, 0) is 13.8 Å². The third kappa shape index (κ3) is 7.59. The molecule has 0 bridgehead atoms. The minimum Gasteiger partial charge on any atom is -0.346 e. The summed E-state index contributed by atoms with van der Waals surface area (Å²) in [6.45, 7) is 2.79. The number of hydrogen-bond donors (Lipinski definition) is 3. The predicted octanol–water partition coefficient (Wildman–Crippen LogP) is -1.93. The molecule has 0 spiro atoms. The average Bonchev–Trinajstić information content (AvgIpc) is 2.19. The Morgan fingerprint density at radius 1 is 1.22 bits per heavy atom. The highest BCUT2D eigenvalue weighted by Crippen LogP contribution is 2.01. The van der Waals surface area contributed by atoms with Gasteiger partial charge in [0.2, 0.25) is 10.0 Å². The number of nitriles is 1. The molecule has 0 unspecified atom stereocenters. The van der Waals surface area contributed by atoms with E-state index in [0.29, 0.717) is 0 Å². The monoisotopic (exact) mass is 276 g/mol. The van der Waals surface area contributed by atoms with Crippen LogP contribution in [0.15, 0.2) is 0 Å². The van der Waals surface area contributed by atoms with Gasteiger partial charge in [0.15, 0.2) is 0 Å². The van der Waals surface area contributed by atoms with E-state index >= 15 is 0 Å². The summed E-state index contributed by atoms with van der Waals surface area (Å²) in [6, 6.07) is 1.65. The van der Waals surface area contributed by atoms with Crippen LogP contribution in [0.5, 0.6) is 0 Å². The molecule has 0 heterocycles. The van der Waals surface area contributed by atoms with Crippen molar-refractivity contribution in [3.8, 4) is 6.07 Å². The van der Waals surface area contributed by atoms with Crippen LogP contribution in [-0.2, 0) is 19.6 Å². The summed E-state index contributed by atoms with van der Waals surface area (Å²) in [6.07, 6.45) is 0.996. The standard InChI is InChI=1S/C9H16N4O4S/c1-9(2,13-18(3,16)17)6-12-8(15)7(14)11-5-4-10/h13H,5-6H2,1-3H3,(H,11,14)(H,12,15). The molecule has 3 N–H and O–H groups in total. The smallest absolute Gasteiger partial charge is 0.310 e. The van der Waals surface area contributed by atoms with Crippen molar-refractivity contribution in [1.29, 1.82) is 5.26 Å². The number of amides is 2. The van der Waals surface area contributed by atoms with Gasteiger partial charge in [-0.3, -0.25) is 9.59 Å². The highest BCUT2D eigenvalue weighted by atomic mass is 32.2. The third-order valence-electron chi connectivity index (χ3n) is 1.69. The summed E-state index contributed by atoms with van der Waals surface area (Å²) >= 11 is 0. The van der Waals surface area contributed by atoms with E-state index in [0.717, 1.165) is 6.26 Å². The van der Waals surface area contributed by atoms with Crippen molar-refractivity contribution in [1.82, 2.24) is 15.4 Å². The van der Waals surface area contributed by atoms with Crippen LogP contribution in [0.4, 0.5) is 0 Å². The lowest BCUT2D eigenvalue weighted by Crippen LogP contribution is -2.53. The van der Waals surface area contributed by atoms with Crippen molar-refractivity contribution < 1.29 is 18.0 Å². The van der Waals surface area contributed by atoms with Crippen LogP contribution in [0.1, 0.15) is 13.8 Å². The number of nitrogens with zero attached hydrogens (tertiary/aromatic N) is 1. The van der Waals surface area contributed by atoms with Gasteiger partial charge in [-0.2, -0.15) is 5.26 Å². The average molecular weight is 276 g/mol. The maximum Gasteiger partial charge on any atom is 0.310 e. The topological polar surface area (TPSA) is 128 Å². The Balaban J connectivity index is 4.28. The first-order valence-electron chi connectivity index (χ1n) is 4.99. The van der Waals surface area contributed by atoms with Crippen LogP contribution in [0, 0.1) is 11.3 Å². The molecular formula is C9H16N4O4S. The number of hydrogen-bond acceptors (Lipinski definition) is 5. The molecule has 2 amide bonds. The molecule has 0 aromatic carbocycles. The maximum atomic E-state index is 11.3. The largest absolute Gasteiger partial charge is 0.346 e. The quantitative estimate of drug-likeness (QED) is 0.398. The van der Waals surface area contributed by atoms with Gasteiger partial charge in [0, 0.05) is 12.1 Å². The van der Waals surface area contributed by atoms with Crippen molar-refractivity contribution in [3.63, 3.8) is 0 Å². The second-order valence-electron chi connectivity index (χ2n) is 4.28. The lowest BCUT2D eigenvalue weighted by atomic mass is 10.1. The first kappa shape index (κ1) is 16.3. The molecule has 102 valence electrons. The van der Waals surface area contributed by atoms with E-state index in [-0.39, 0.29) is 13.1 Å². The zero-order valence-electron chi connectivity index (χ0n) is 10.4. The van der Waals surface area contributed by atoms with Crippen LogP contribution in [0.2, 0.25) is 0 Å². The van der Waals surface area contributed by atoms with E-state index in [1.807, 2.05) is 0 Å². The molecule has 0 aromatic heterocycles. The molecule has 0 aliphatic rings. The number of rotatable bonds is 5. The lowest BCUT2D eigenvalue weighted by Gasteiger charge is -2.24. The van der Waals surface area contributed by atoms with Gasteiger partial charge in [0.1, 0.15) is 6.54 Å². The predicted molar refractivity (Wildman–Crippen MR) is 63.7 cm³/mol. The van der Waals surface area contributed by atoms with Crippen LogP contribution >= 0.6 is 0 Å². The summed E-state index contributed by atoms with van der Waals surface area (Å²) in [5.41, 5.74) is -0.918. The molecule has 0 aliphatic carbocycles. The van der Waals surface area contributed by atoms with Crippen molar-refractivity contribution in [2.24, 2.45) is 0 Å². The maximum absolute atomic E-state index is 11.3. The molecule has 0 saturated carbocycles. The highest BCUT2D eigenvalue weighted by Gasteiger charge is 2.24. The Bertz CT molecular complexity index is 463. The first-order valence-corrected chi connectivity index (χ1v) is 6.88. The van der Waals surface area contributed by atoms with Crippen molar-refractivity contribution in [3.05, 3.63) is 0 Å². The molecule has 0 radical (unpaired) electrons.